The Bertz CT molecular complexity index is 769. The molecule has 1 aromatic carbocycles. The topological polar surface area (TPSA) is 68.8 Å². The number of nitrogens with zero attached hydrogens (tertiary/aromatic N) is 4. The molecule has 0 radical (unpaired) electrons. The van der Waals surface area contributed by atoms with Crippen LogP contribution in [-0.4, -0.2) is 26.5 Å². The summed E-state index contributed by atoms with van der Waals surface area (Å²) >= 11 is 0. The normalized spacial score (nSPS) is 12.5. The first kappa shape index (κ1) is 15.4. The van der Waals surface area contributed by atoms with Crippen molar-refractivity contribution < 1.29 is 8.91 Å². The summed E-state index contributed by atoms with van der Waals surface area (Å²) in [5, 5.41) is 11.4. The highest BCUT2D eigenvalue weighted by molar-refractivity contribution is 5.54. The van der Waals surface area contributed by atoms with Crippen molar-refractivity contribution in [2.45, 2.75) is 26.4 Å². The summed E-state index contributed by atoms with van der Waals surface area (Å²) in [5.74, 6) is 0.584. The molecule has 0 bridgehead atoms. The number of hydrogen-bond donors (Lipinski definition) is 1. The molecular weight excluding hydrogens is 297 g/mol. The third-order valence-electron chi connectivity index (χ3n) is 3.59. The van der Waals surface area contributed by atoms with Crippen molar-refractivity contribution in [1.82, 2.24) is 25.2 Å². The van der Waals surface area contributed by atoms with Gasteiger partial charge < -0.3 is 9.84 Å². The second-order valence-corrected chi connectivity index (χ2v) is 5.37. The Morgan fingerprint density at radius 2 is 2.26 bits per heavy atom. The number of nitrogens with one attached hydrogen (secondary N) is 1. The molecule has 1 N–H and O–H groups in total. The molecule has 120 valence electrons. The molecule has 7 heteroatoms. The molecule has 0 aliphatic carbocycles. The van der Waals surface area contributed by atoms with Crippen LogP contribution < -0.4 is 5.32 Å². The van der Waals surface area contributed by atoms with Gasteiger partial charge in [-0.3, -0.25) is 4.68 Å². The van der Waals surface area contributed by atoms with Gasteiger partial charge in [0.05, 0.1) is 12.6 Å². The number of hydrogen-bond acceptors (Lipinski definition) is 5. The van der Waals surface area contributed by atoms with E-state index in [-0.39, 0.29) is 11.9 Å². The fourth-order valence-electron chi connectivity index (χ4n) is 2.18. The SMILES string of the molecule is Cc1ccc(-c2noc([C@H](C)NCCn3cccn3)n2)cc1F. The minimum absolute atomic E-state index is 0.0953. The standard InChI is InChI=1S/C16H18FN5O/c1-11-4-5-13(10-14(11)17)15-20-16(23-21-15)12(2)18-7-9-22-8-3-6-19-22/h3-6,8,10,12,18H,7,9H2,1-2H3/t12-/m0/s1. The maximum absolute atomic E-state index is 13.6. The van der Waals surface area contributed by atoms with E-state index in [2.05, 4.69) is 20.6 Å². The molecule has 0 fully saturated rings. The maximum atomic E-state index is 13.6. The summed E-state index contributed by atoms with van der Waals surface area (Å²) in [6.45, 7) is 5.13. The second-order valence-electron chi connectivity index (χ2n) is 5.37. The van der Waals surface area contributed by atoms with E-state index in [1.807, 2.05) is 23.9 Å². The lowest BCUT2D eigenvalue weighted by Gasteiger charge is -2.09. The summed E-state index contributed by atoms with van der Waals surface area (Å²) < 4.78 is 20.7. The van der Waals surface area contributed by atoms with Crippen LogP contribution in [0.15, 0.2) is 41.2 Å². The number of rotatable bonds is 6. The monoisotopic (exact) mass is 315 g/mol. The third kappa shape index (κ3) is 3.62. The van der Waals surface area contributed by atoms with Crippen LogP contribution in [0.3, 0.4) is 0 Å². The second kappa shape index (κ2) is 6.70. The van der Waals surface area contributed by atoms with Crippen LogP contribution >= 0.6 is 0 Å². The van der Waals surface area contributed by atoms with E-state index in [0.29, 0.717) is 22.8 Å². The van der Waals surface area contributed by atoms with Crippen LogP contribution in [0.4, 0.5) is 4.39 Å². The van der Waals surface area contributed by atoms with E-state index in [9.17, 15) is 4.39 Å². The van der Waals surface area contributed by atoms with Crippen molar-refractivity contribution in [2.75, 3.05) is 6.54 Å². The number of benzene rings is 1. The zero-order valence-electron chi connectivity index (χ0n) is 13.0. The van der Waals surface area contributed by atoms with Gasteiger partial charge in [0, 0.05) is 24.5 Å². The highest BCUT2D eigenvalue weighted by Crippen LogP contribution is 2.20. The highest BCUT2D eigenvalue weighted by atomic mass is 19.1. The first-order valence-electron chi connectivity index (χ1n) is 7.44. The molecule has 1 atom stereocenters. The largest absolute Gasteiger partial charge is 0.337 e. The van der Waals surface area contributed by atoms with Crippen molar-refractivity contribution >= 4 is 0 Å². The highest BCUT2D eigenvalue weighted by Gasteiger charge is 2.15. The van der Waals surface area contributed by atoms with Crippen LogP contribution in [-0.2, 0) is 6.54 Å². The summed E-state index contributed by atoms with van der Waals surface area (Å²) in [6.07, 6.45) is 3.65. The minimum Gasteiger partial charge on any atom is -0.337 e. The van der Waals surface area contributed by atoms with Gasteiger partial charge in [0.15, 0.2) is 0 Å². The summed E-state index contributed by atoms with van der Waals surface area (Å²) in [4.78, 5) is 4.34. The van der Waals surface area contributed by atoms with Crippen molar-refractivity contribution in [3.63, 3.8) is 0 Å². The Hall–Kier alpha value is -2.54. The average Bonchev–Trinajstić information content (AvgIpc) is 3.21. The van der Waals surface area contributed by atoms with Gasteiger partial charge >= 0.3 is 0 Å². The van der Waals surface area contributed by atoms with E-state index in [1.54, 1.807) is 25.3 Å². The fourth-order valence-corrected chi connectivity index (χ4v) is 2.18. The smallest absolute Gasteiger partial charge is 0.243 e. The van der Waals surface area contributed by atoms with Crippen LogP contribution in [0.5, 0.6) is 0 Å². The maximum Gasteiger partial charge on any atom is 0.243 e. The quantitative estimate of drug-likeness (QED) is 0.757. The van der Waals surface area contributed by atoms with Crippen LogP contribution in [0.1, 0.15) is 24.4 Å². The fraction of sp³-hybridized carbons (Fsp3) is 0.312. The van der Waals surface area contributed by atoms with Crippen LogP contribution in [0, 0.1) is 12.7 Å². The lowest BCUT2D eigenvalue weighted by Crippen LogP contribution is -2.23. The predicted molar refractivity (Wildman–Crippen MR) is 83.1 cm³/mol. The van der Waals surface area contributed by atoms with Crippen molar-refractivity contribution in [3.8, 4) is 11.4 Å². The number of aromatic nitrogens is 4. The lowest BCUT2D eigenvalue weighted by atomic mass is 10.1. The van der Waals surface area contributed by atoms with Gasteiger partial charge in [-0.25, -0.2) is 4.39 Å². The third-order valence-corrected chi connectivity index (χ3v) is 3.59. The van der Waals surface area contributed by atoms with Gasteiger partial charge in [-0.2, -0.15) is 10.1 Å². The Balaban J connectivity index is 1.62. The van der Waals surface area contributed by atoms with Gasteiger partial charge in [-0.15, -0.1) is 0 Å². The number of halogens is 1. The molecule has 0 aliphatic rings. The van der Waals surface area contributed by atoms with Gasteiger partial charge in [0.1, 0.15) is 5.82 Å². The van der Waals surface area contributed by atoms with Gasteiger partial charge in [0.2, 0.25) is 11.7 Å². The van der Waals surface area contributed by atoms with Gasteiger partial charge in [-0.05, 0) is 31.5 Å². The van der Waals surface area contributed by atoms with Crippen molar-refractivity contribution in [2.24, 2.45) is 0 Å². The minimum atomic E-state index is -0.278. The first-order chi connectivity index (χ1) is 11.1. The molecule has 2 heterocycles. The van der Waals surface area contributed by atoms with E-state index in [1.165, 1.54) is 6.07 Å². The van der Waals surface area contributed by atoms with E-state index < -0.39 is 0 Å². The first-order valence-corrected chi connectivity index (χ1v) is 7.44. The molecule has 0 saturated carbocycles. The lowest BCUT2D eigenvalue weighted by molar-refractivity contribution is 0.336. The molecule has 6 nitrogen and oxygen atoms in total. The van der Waals surface area contributed by atoms with Crippen molar-refractivity contribution in [3.05, 3.63) is 53.9 Å². The molecule has 0 spiro atoms. The summed E-state index contributed by atoms with van der Waals surface area (Å²) in [6, 6.07) is 6.69. The Morgan fingerprint density at radius 3 is 3.00 bits per heavy atom. The molecule has 0 aliphatic heterocycles. The summed E-state index contributed by atoms with van der Waals surface area (Å²) in [5.41, 5.74) is 1.19. The molecule has 2 aromatic heterocycles. The van der Waals surface area contributed by atoms with Gasteiger partial charge in [0.25, 0.3) is 0 Å². The van der Waals surface area contributed by atoms with E-state index >= 15 is 0 Å². The Labute approximate surface area is 133 Å². The molecule has 3 aromatic rings. The van der Waals surface area contributed by atoms with E-state index in [4.69, 9.17) is 4.52 Å². The average molecular weight is 315 g/mol. The molecule has 3 rings (SSSR count). The molecule has 23 heavy (non-hydrogen) atoms. The molecule has 0 saturated heterocycles. The number of aryl methyl sites for hydroxylation is 1. The summed E-state index contributed by atoms with van der Waals surface area (Å²) in [7, 11) is 0. The Morgan fingerprint density at radius 1 is 1.39 bits per heavy atom. The Kier molecular flexibility index (Phi) is 4.47. The zero-order chi connectivity index (χ0) is 16.2. The zero-order valence-corrected chi connectivity index (χ0v) is 13.0. The van der Waals surface area contributed by atoms with Crippen molar-refractivity contribution in [1.29, 1.82) is 0 Å². The van der Waals surface area contributed by atoms with Gasteiger partial charge in [-0.1, -0.05) is 17.3 Å². The van der Waals surface area contributed by atoms with Crippen LogP contribution in [0.2, 0.25) is 0 Å². The van der Waals surface area contributed by atoms with Crippen LogP contribution in [0.25, 0.3) is 11.4 Å². The molecular formula is C16H18FN5O. The predicted octanol–water partition coefficient (Wildman–Crippen LogP) is 2.73. The van der Waals surface area contributed by atoms with E-state index in [0.717, 1.165) is 13.1 Å². The molecule has 0 unspecified atom stereocenters. The molecule has 0 amide bonds.